The zero-order chi connectivity index (χ0) is 19.1. The van der Waals surface area contributed by atoms with Crippen LogP contribution >= 0.6 is 22.9 Å². The number of hydrogen-bond donors (Lipinski definition) is 2. The van der Waals surface area contributed by atoms with Crippen LogP contribution in [0.2, 0.25) is 5.02 Å². The van der Waals surface area contributed by atoms with Gasteiger partial charge in [0.05, 0.1) is 24.8 Å². The van der Waals surface area contributed by atoms with E-state index in [0.29, 0.717) is 16.6 Å². The Morgan fingerprint density at radius 2 is 2.00 bits per heavy atom. The minimum Gasteiger partial charge on any atom is -0.379 e. The number of carbonyl (C=O) groups excluding carboxylic acids is 2. The summed E-state index contributed by atoms with van der Waals surface area (Å²) in [5, 5.41) is 8.30. The van der Waals surface area contributed by atoms with Crippen molar-refractivity contribution in [1.29, 1.82) is 0 Å². The van der Waals surface area contributed by atoms with Gasteiger partial charge in [-0.25, -0.2) is 4.98 Å². The minimum atomic E-state index is -0.382. The smallest absolute Gasteiger partial charge is 0.271 e. The molecule has 0 bridgehead atoms. The number of carbonyl (C=O) groups is 2. The zero-order valence-corrected chi connectivity index (χ0v) is 16.3. The molecule has 3 rings (SSSR count). The number of rotatable bonds is 7. The summed E-state index contributed by atoms with van der Waals surface area (Å²) in [5.41, 5.74) is 1.06. The van der Waals surface area contributed by atoms with E-state index in [9.17, 15) is 9.59 Å². The summed E-state index contributed by atoms with van der Waals surface area (Å²) in [6, 6.07) is 7.33. The van der Waals surface area contributed by atoms with Gasteiger partial charge in [-0.05, 0) is 6.07 Å². The number of aromatic nitrogens is 1. The van der Waals surface area contributed by atoms with Crippen LogP contribution < -0.4 is 10.6 Å². The van der Waals surface area contributed by atoms with Gasteiger partial charge in [0.15, 0.2) is 0 Å². The third-order valence-electron chi connectivity index (χ3n) is 4.10. The summed E-state index contributed by atoms with van der Waals surface area (Å²) < 4.78 is 5.28. The van der Waals surface area contributed by atoms with Crippen molar-refractivity contribution >= 4 is 34.8 Å². The molecule has 0 unspecified atom stereocenters. The third-order valence-corrected chi connectivity index (χ3v) is 5.31. The predicted octanol–water partition coefficient (Wildman–Crippen LogP) is 1.64. The Morgan fingerprint density at radius 3 is 2.78 bits per heavy atom. The second kappa shape index (κ2) is 9.80. The Morgan fingerprint density at radius 1 is 1.22 bits per heavy atom. The zero-order valence-electron chi connectivity index (χ0n) is 14.7. The van der Waals surface area contributed by atoms with Gasteiger partial charge >= 0.3 is 0 Å². The summed E-state index contributed by atoms with van der Waals surface area (Å²) in [6.07, 6.45) is 0. The molecule has 2 heterocycles. The number of hydrogen-bond acceptors (Lipinski definition) is 6. The van der Waals surface area contributed by atoms with Crippen LogP contribution in [0.5, 0.6) is 0 Å². The fourth-order valence-corrected chi connectivity index (χ4v) is 3.75. The van der Waals surface area contributed by atoms with Crippen molar-refractivity contribution < 1.29 is 14.3 Å². The first-order chi connectivity index (χ1) is 13.1. The van der Waals surface area contributed by atoms with Crippen LogP contribution in [0.25, 0.3) is 10.6 Å². The summed E-state index contributed by atoms with van der Waals surface area (Å²) >= 11 is 7.49. The molecule has 1 aliphatic heterocycles. The largest absolute Gasteiger partial charge is 0.379 e. The van der Waals surface area contributed by atoms with Crippen LogP contribution in [0.15, 0.2) is 29.6 Å². The van der Waals surface area contributed by atoms with Crippen LogP contribution in [0.4, 0.5) is 0 Å². The molecule has 144 valence electrons. The van der Waals surface area contributed by atoms with Crippen LogP contribution in [0.1, 0.15) is 10.5 Å². The Balaban J connectivity index is 1.42. The minimum absolute atomic E-state index is 0.0824. The molecule has 2 amide bonds. The molecule has 1 aromatic heterocycles. The van der Waals surface area contributed by atoms with Gasteiger partial charge in [-0.15, -0.1) is 11.3 Å². The van der Waals surface area contributed by atoms with E-state index < -0.39 is 0 Å². The maximum Gasteiger partial charge on any atom is 0.271 e. The normalized spacial score (nSPS) is 14.7. The molecule has 9 heteroatoms. The highest BCUT2D eigenvalue weighted by Gasteiger charge is 2.15. The quantitative estimate of drug-likeness (QED) is 0.727. The highest BCUT2D eigenvalue weighted by Crippen LogP contribution is 2.29. The molecule has 1 aromatic carbocycles. The van der Waals surface area contributed by atoms with Gasteiger partial charge in [-0.2, -0.15) is 0 Å². The molecule has 1 fully saturated rings. The lowest BCUT2D eigenvalue weighted by Crippen LogP contribution is -2.43. The number of halogens is 1. The SMILES string of the molecule is O=C(CNC(=O)c1csc(-c2ccccc2Cl)n1)NCCN1CCOCC1. The number of nitrogens with one attached hydrogen (secondary N) is 2. The van der Waals surface area contributed by atoms with Gasteiger partial charge in [-0.1, -0.05) is 29.8 Å². The Kier molecular flexibility index (Phi) is 7.17. The van der Waals surface area contributed by atoms with Crippen molar-refractivity contribution in [3.63, 3.8) is 0 Å². The van der Waals surface area contributed by atoms with Gasteiger partial charge in [0.2, 0.25) is 5.91 Å². The van der Waals surface area contributed by atoms with Gasteiger partial charge in [0.25, 0.3) is 5.91 Å². The van der Waals surface area contributed by atoms with E-state index in [1.165, 1.54) is 11.3 Å². The lowest BCUT2D eigenvalue weighted by Gasteiger charge is -2.26. The number of thiazole rings is 1. The first-order valence-corrected chi connectivity index (χ1v) is 9.94. The fourth-order valence-electron chi connectivity index (χ4n) is 2.63. The van der Waals surface area contributed by atoms with Crippen molar-refractivity contribution in [2.24, 2.45) is 0 Å². The molecular formula is C18H21ClN4O3S. The highest BCUT2D eigenvalue weighted by atomic mass is 35.5. The number of amides is 2. The van der Waals surface area contributed by atoms with Crippen molar-refractivity contribution in [3.05, 3.63) is 40.4 Å². The van der Waals surface area contributed by atoms with E-state index in [1.54, 1.807) is 11.4 Å². The van der Waals surface area contributed by atoms with Crippen molar-refractivity contribution in [2.75, 3.05) is 45.9 Å². The maximum atomic E-state index is 12.2. The second-order valence-corrected chi connectivity index (χ2v) is 7.27. The van der Waals surface area contributed by atoms with E-state index in [0.717, 1.165) is 38.4 Å². The van der Waals surface area contributed by atoms with Gasteiger partial charge in [-0.3, -0.25) is 14.5 Å². The van der Waals surface area contributed by atoms with E-state index in [2.05, 4.69) is 20.5 Å². The topological polar surface area (TPSA) is 83.6 Å². The fraction of sp³-hybridized carbons (Fsp3) is 0.389. The number of benzene rings is 1. The van der Waals surface area contributed by atoms with Crippen molar-refractivity contribution in [2.45, 2.75) is 0 Å². The van der Waals surface area contributed by atoms with Gasteiger partial charge in [0.1, 0.15) is 10.7 Å². The molecule has 0 radical (unpaired) electrons. The molecule has 2 N–H and O–H groups in total. The number of nitrogens with zero attached hydrogens (tertiary/aromatic N) is 2. The van der Waals surface area contributed by atoms with E-state index in [1.807, 2.05) is 18.2 Å². The van der Waals surface area contributed by atoms with E-state index >= 15 is 0 Å². The average molecular weight is 409 g/mol. The van der Waals surface area contributed by atoms with Gasteiger partial charge < -0.3 is 15.4 Å². The predicted molar refractivity (Wildman–Crippen MR) is 105 cm³/mol. The molecule has 0 aliphatic carbocycles. The van der Waals surface area contributed by atoms with Gasteiger partial charge in [0, 0.05) is 37.1 Å². The van der Waals surface area contributed by atoms with Crippen LogP contribution in [0, 0.1) is 0 Å². The summed E-state index contributed by atoms with van der Waals surface area (Å²) in [7, 11) is 0. The maximum absolute atomic E-state index is 12.2. The Hall–Kier alpha value is -2.00. The van der Waals surface area contributed by atoms with Crippen molar-refractivity contribution in [3.8, 4) is 10.6 Å². The monoisotopic (exact) mass is 408 g/mol. The first-order valence-electron chi connectivity index (χ1n) is 8.69. The molecule has 0 atom stereocenters. The Labute approximate surface area is 166 Å². The second-order valence-electron chi connectivity index (χ2n) is 6.00. The summed E-state index contributed by atoms with van der Waals surface area (Å²) in [4.78, 5) is 30.6. The van der Waals surface area contributed by atoms with E-state index in [4.69, 9.17) is 16.3 Å². The molecular weight excluding hydrogens is 388 g/mol. The number of morpholine rings is 1. The molecule has 1 aliphatic rings. The molecule has 0 spiro atoms. The summed E-state index contributed by atoms with van der Waals surface area (Å²) in [5.74, 6) is -0.606. The van der Waals surface area contributed by atoms with E-state index in [-0.39, 0.29) is 24.1 Å². The number of ether oxygens (including phenoxy) is 1. The molecule has 1 saturated heterocycles. The highest BCUT2D eigenvalue weighted by molar-refractivity contribution is 7.13. The molecule has 27 heavy (non-hydrogen) atoms. The third kappa shape index (κ3) is 5.74. The lowest BCUT2D eigenvalue weighted by molar-refractivity contribution is -0.120. The Bertz CT molecular complexity index is 792. The van der Waals surface area contributed by atoms with Crippen LogP contribution in [-0.2, 0) is 9.53 Å². The van der Waals surface area contributed by atoms with Crippen LogP contribution in [0.3, 0.4) is 0 Å². The molecule has 2 aromatic rings. The van der Waals surface area contributed by atoms with Crippen molar-refractivity contribution in [1.82, 2.24) is 20.5 Å². The first kappa shape index (κ1) is 19.8. The molecule has 0 saturated carbocycles. The summed E-state index contributed by atoms with van der Waals surface area (Å²) in [6.45, 7) is 4.45. The van der Waals surface area contributed by atoms with Crippen LogP contribution in [-0.4, -0.2) is 67.6 Å². The average Bonchev–Trinajstić information content (AvgIpc) is 3.17. The lowest BCUT2D eigenvalue weighted by atomic mass is 10.2. The molecule has 7 nitrogen and oxygen atoms in total. The standard InChI is InChI=1S/C18H21ClN4O3S/c19-14-4-2-1-3-13(14)18-22-15(12-27-18)17(25)21-11-16(24)20-5-6-23-7-9-26-10-8-23/h1-4,12H,5-11H2,(H,20,24)(H,21,25).